The highest BCUT2D eigenvalue weighted by atomic mass is 16.5. The third-order valence-electron chi connectivity index (χ3n) is 4.54. The van der Waals surface area contributed by atoms with Crippen LogP contribution in [0.2, 0.25) is 0 Å². The highest BCUT2D eigenvalue weighted by Crippen LogP contribution is 2.28. The molecule has 2 atom stereocenters. The van der Waals surface area contributed by atoms with Crippen LogP contribution >= 0.6 is 0 Å². The Morgan fingerprint density at radius 2 is 1.84 bits per heavy atom. The summed E-state index contributed by atoms with van der Waals surface area (Å²) >= 11 is 0. The van der Waals surface area contributed by atoms with Gasteiger partial charge in [-0.2, -0.15) is 0 Å². The Bertz CT molecular complexity index is 279. The largest absolute Gasteiger partial charge is 0.379 e. The van der Waals surface area contributed by atoms with Gasteiger partial charge in [0.2, 0.25) is 0 Å². The summed E-state index contributed by atoms with van der Waals surface area (Å²) in [7, 11) is 4.27. The van der Waals surface area contributed by atoms with Gasteiger partial charge >= 0.3 is 0 Å². The highest BCUT2D eigenvalue weighted by molar-refractivity contribution is 4.93. The van der Waals surface area contributed by atoms with E-state index in [9.17, 15) is 0 Å². The summed E-state index contributed by atoms with van der Waals surface area (Å²) < 4.78 is 5.53. The van der Waals surface area contributed by atoms with Crippen LogP contribution in [0.4, 0.5) is 0 Å². The summed E-state index contributed by atoms with van der Waals surface area (Å²) in [5.41, 5.74) is 6.32. The predicted octanol–water partition coefficient (Wildman–Crippen LogP) is -0.471. The van der Waals surface area contributed by atoms with E-state index in [4.69, 9.17) is 10.5 Å². The van der Waals surface area contributed by atoms with Crippen molar-refractivity contribution < 1.29 is 4.74 Å². The van der Waals surface area contributed by atoms with Crippen molar-refractivity contribution in [1.29, 1.82) is 0 Å². The maximum absolute atomic E-state index is 6.17. The lowest BCUT2D eigenvalue weighted by molar-refractivity contribution is 0.0744. The maximum atomic E-state index is 6.17. The fraction of sp³-hybridized carbons (Fsp3) is 1.00. The first-order valence-corrected chi connectivity index (χ1v) is 7.42. The molecule has 5 nitrogen and oxygen atoms in total. The zero-order valence-electron chi connectivity index (χ0n) is 12.8. The zero-order valence-corrected chi connectivity index (χ0v) is 12.8. The second-order valence-electron chi connectivity index (χ2n) is 6.70. The second kappa shape index (κ2) is 6.50. The van der Waals surface area contributed by atoms with Crippen LogP contribution in [0, 0.1) is 5.41 Å². The predicted molar refractivity (Wildman–Crippen MR) is 78.3 cm³/mol. The summed E-state index contributed by atoms with van der Waals surface area (Å²) in [5.74, 6) is 0. The first-order chi connectivity index (χ1) is 8.99. The zero-order chi connectivity index (χ0) is 13.9. The molecule has 2 saturated heterocycles. The number of piperazine rings is 1. The van der Waals surface area contributed by atoms with Crippen LogP contribution in [-0.4, -0.2) is 93.9 Å². The molecule has 2 aliphatic heterocycles. The van der Waals surface area contributed by atoms with E-state index in [1.807, 2.05) is 0 Å². The van der Waals surface area contributed by atoms with Crippen LogP contribution in [0.3, 0.4) is 0 Å². The molecule has 5 heteroatoms. The Morgan fingerprint density at radius 1 is 1.21 bits per heavy atom. The Kier molecular flexibility index (Phi) is 5.20. The fourth-order valence-corrected chi connectivity index (χ4v) is 2.91. The molecular weight excluding hydrogens is 240 g/mol. The van der Waals surface area contributed by atoms with Crippen molar-refractivity contribution in [2.45, 2.75) is 13.0 Å². The molecule has 2 fully saturated rings. The Morgan fingerprint density at radius 3 is 2.37 bits per heavy atom. The van der Waals surface area contributed by atoms with Crippen LogP contribution in [0.5, 0.6) is 0 Å². The van der Waals surface area contributed by atoms with E-state index in [0.717, 1.165) is 39.4 Å². The van der Waals surface area contributed by atoms with E-state index in [-0.39, 0.29) is 11.5 Å². The summed E-state index contributed by atoms with van der Waals surface area (Å²) in [5, 5.41) is 0. The molecule has 0 spiro atoms. The molecule has 112 valence electrons. The molecule has 2 N–H and O–H groups in total. The summed E-state index contributed by atoms with van der Waals surface area (Å²) in [6.45, 7) is 11.9. The number of likely N-dealkylation sites (N-methyl/N-ethyl adjacent to an activating group) is 1. The van der Waals surface area contributed by atoms with Gasteiger partial charge in [0.15, 0.2) is 0 Å². The van der Waals surface area contributed by atoms with E-state index in [1.54, 1.807) is 0 Å². The molecule has 2 unspecified atom stereocenters. The van der Waals surface area contributed by atoms with Gasteiger partial charge in [-0.1, -0.05) is 6.92 Å². The van der Waals surface area contributed by atoms with Crippen molar-refractivity contribution in [3.63, 3.8) is 0 Å². The van der Waals surface area contributed by atoms with E-state index in [0.29, 0.717) is 0 Å². The van der Waals surface area contributed by atoms with Gasteiger partial charge in [0, 0.05) is 57.3 Å². The molecule has 0 radical (unpaired) electrons. The molecule has 0 aliphatic carbocycles. The third-order valence-corrected chi connectivity index (χ3v) is 4.54. The number of rotatable bonds is 5. The summed E-state index contributed by atoms with van der Waals surface area (Å²) in [6, 6.07) is 0.194. The molecule has 0 aromatic heterocycles. The summed E-state index contributed by atoms with van der Waals surface area (Å²) in [6.07, 6.45) is 0. The molecule has 0 saturated carbocycles. The molecule has 0 bridgehead atoms. The Labute approximate surface area is 117 Å². The molecule has 2 heterocycles. The van der Waals surface area contributed by atoms with Gasteiger partial charge in [-0.15, -0.1) is 0 Å². The van der Waals surface area contributed by atoms with Gasteiger partial charge in [-0.25, -0.2) is 0 Å². The molecule has 2 rings (SSSR count). The van der Waals surface area contributed by atoms with Gasteiger partial charge in [-0.05, 0) is 14.1 Å². The molecule has 0 aromatic rings. The van der Waals surface area contributed by atoms with E-state index >= 15 is 0 Å². The van der Waals surface area contributed by atoms with Crippen LogP contribution in [0.25, 0.3) is 0 Å². The standard InChI is InChI=1S/C14H30N4O/c1-14(12-19-10-13(14)15)11-18-8-6-17(7-9-18)5-4-16(2)3/h13H,4-12,15H2,1-3H3. The van der Waals surface area contributed by atoms with Crippen molar-refractivity contribution >= 4 is 0 Å². The van der Waals surface area contributed by atoms with E-state index < -0.39 is 0 Å². The lowest BCUT2D eigenvalue weighted by Gasteiger charge is -2.39. The minimum Gasteiger partial charge on any atom is -0.379 e. The minimum atomic E-state index is 0.145. The topological polar surface area (TPSA) is 45.0 Å². The van der Waals surface area contributed by atoms with Gasteiger partial charge in [0.1, 0.15) is 0 Å². The molecule has 2 aliphatic rings. The highest BCUT2D eigenvalue weighted by Gasteiger charge is 2.39. The number of hydrogen-bond donors (Lipinski definition) is 1. The van der Waals surface area contributed by atoms with Crippen molar-refractivity contribution in [3.8, 4) is 0 Å². The SMILES string of the molecule is CN(C)CCN1CCN(CC2(C)COCC2N)CC1. The average molecular weight is 270 g/mol. The van der Waals surface area contributed by atoms with Crippen molar-refractivity contribution in [1.82, 2.24) is 14.7 Å². The van der Waals surface area contributed by atoms with Crippen LogP contribution in [0.15, 0.2) is 0 Å². The van der Waals surface area contributed by atoms with E-state index in [2.05, 4.69) is 35.7 Å². The third kappa shape index (κ3) is 4.13. The maximum Gasteiger partial charge on any atom is 0.0624 e. The normalized spacial score (nSPS) is 34.3. The van der Waals surface area contributed by atoms with Gasteiger partial charge < -0.3 is 20.3 Å². The summed E-state index contributed by atoms with van der Waals surface area (Å²) in [4.78, 5) is 7.37. The number of nitrogens with zero attached hydrogens (tertiary/aromatic N) is 3. The number of nitrogens with two attached hydrogens (primary N) is 1. The van der Waals surface area contributed by atoms with Crippen LogP contribution in [-0.2, 0) is 4.74 Å². The van der Waals surface area contributed by atoms with Crippen LogP contribution < -0.4 is 5.73 Å². The number of hydrogen-bond acceptors (Lipinski definition) is 5. The lowest BCUT2D eigenvalue weighted by atomic mass is 9.85. The van der Waals surface area contributed by atoms with Crippen molar-refractivity contribution in [3.05, 3.63) is 0 Å². The van der Waals surface area contributed by atoms with Gasteiger partial charge in [0.05, 0.1) is 13.2 Å². The van der Waals surface area contributed by atoms with Crippen molar-refractivity contribution in [2.24, 2.45) is 11.1 Å². The molecule has 0 amide bonds. The van der Waals surface area contributed by atoms with Crippen LogP contribution in [0.1, 0.15) is 6.92 Å². The van der Waals surface area contributed by atoms with Gasteiger partial charge in [-0.3, -0.25) is 4.90 Å². The Hall–Kier alpha value is -0.200. The molecular formula is C14H30N4O. The lowest BCUT2D eigenvalue weighted by Crippen LogP contribution is -2.53. The molecule has 0 aromatic carbocycles. The number of ether oxygens (including phenoxy) is 1. The second-order valence-corrected chi connectivity index (χ2v) is 6.70. The van der Waals surface area contributed by atoms with Crippen molar-refractivity contribution in [2.75, 3.05) is 73.1 Å². The monoisotopic (exact) mass is 270 g/mol. The van der Waals surface area contributed by atoms with Gasteiger partial charge in [0.25, 0.3) is 0 Å². The first kappa shape index (κ1) is 15.2. The first-order valence-electron chi connectivity index (χ1n) is 7.42. The minimum absolute atomic E-state index is 0.145. The Balaban J connectivity index is 1.71. The fourth-order valence-electron chi connectivity index (χ4n) is 2.91. The smallest absolute Gasteiger partial charge is 0.0624 e. The molecule has 19 heavy (non-hydrogen) atoms. The quantitative estimate of drug-likeness (QED) is 0.732. The average Bonchev–Trinajstić information content (AvgIpc) is 2.68. The van der Waals surface area contributed by atoms with E-state index in [1.165, 1.54) is 19.6 Å².